The molecule has 0 unspecified atom stereocenters. The fourth-order valence-electron chi connectivity index (χ4n) is 4.23. The van der Waals surface area contributed by atoms with Crippen molar-refractivity contribution in [3.63, 3.8) is 0 Å². The van der Waals surface area contributed by atoms with E-state index in [1.54, 1.807) is 0 Å². The Hall–Kier alpha value is -1.80. The van der Waals surface area contributed by atoms with Gasteiger partial charge in [-0.05, 0) is 21.2 Å². The zero-order valence-corrected chi connectivity index (χ0v) is 27.4. The summed E-state index contributed by atoms with van der Waals surface area (Å²) in [6, 6.07) is 60.5. The van der Waals surface area contributed by atoms with Gasteiger partial charge >= 0.3 is 17.1 Å². The van der Waals surface area contributed by atoms with Crippen LogP contribution in [0.15, 0.2) is 170 Å². The second-order valence-electron chi connectivity index (χ2n) is 8.30. The first-order chi connectivity index (χ1) is 18.9. The fourth-order valence-corrected chi connectivity index (χ4v) is 8.84. The molecule has 0 spiro atoms. The Labute approximate surface area is 274 Å². The summed E-state index contributed by atoms with van der Waals surface area (Å²) in [5.74, 6) is 0. The molecule has 6 aromatic rings. The predicted octanol–water partition coefficient (Wildman–Crippen LogP) is 7.70. The molecule has 6 rings (SSSR count). The van der Waals surface area contributed by atoms with Crippen molar-refractivity contribution in [3.8, 4) is 0 Å². The van der Waals surface area contributed by atoms with E-state index in [0.29, 0.717) is 0 Å². The largest absolute Gasteiger partial charge is 2.00 e. The Balaban J connectivity index is 0.000000252. The molecule has 0 saturated carbocycles. The number of rotatable bonds is 6. The predicted molar refractivity (Wildman–Crippen MR) is 173 cm³/mol. The van der Waals surface area contributed by atoms with Crippen molar-refractivity contribution in [1.29, 1.82) is 0 Å². The van der Waals surface area contributed by atoms with E-state index >= 15 is 0 Å². The van der Waals surface area contributed by atoms with E-state index in [4.69, 9.17) is 0 Å². The molecule has 0 atom stereocenters. The second kappa shape index (κ2) is 19.3. The second-order valence-corrected chi connectivity index (χ2v) is 12.7. The van der Waals surface area contributed by atoms with Crippen LogP contribution in [0.3, 0.4) is 0 Å². The number of hydrogen-bond donors (Lipinski definition) is 0. The summed E-state index contributed by atoms with van der Waals surface area (Å²) >= 11 is 0. The van der Waals surface area contributed by atoms with Gasteiger partial charge in [0.2, 0.25) is 0 Å². The zero-order valence-electron chi connectivity index (χ0n) is 21.5. The van der Waals surface area contributed by atoms with Gasteiger partial charge in [0, 0.05) is 42.1 Å². The minimum atomic E-state index is -0.409. The van der Waals surface area contributed by atoms with Gasteiger partial charge in [-0.3, -0.25) is 0 Å². The molecule has 0 bridgehead atoms. The molecule has 206 valence electrons. The first-order valence-electron chi connectivity index (χ1n) is 12.3. The van der Waals surface area contributed by atoms with E-state index in [-0.39, 0.29) is 37.5 Å². The summed E-state index contributed by atoms with van der Waals surface area (Å²) in [6.45, 7) is 0. The van der Waals surface area contributed by atoms with Crippen LogP contribution in [0.5, 0.6) is 0 Å². The Morgan fingerprint density at radius 3 is 0.825 bits per heavy atom. The molecule has 0 fully saturated rings. The Bertz CT molecular complexity index is 1220. The molecule has 0 heterocycles. The standard InChI is InChI=1S/2C17H14P.Cl2.Fe.Pd/c2*1-3-9-15(10-4-1)18(17-13-7-8-14-17)16-11-5-2-6-12-16;1-2;;/h2*1-14H;;;/q2*-1;;+2;. The maximum Gasteiger partial charge on any atom is 2.00 e. The molecular weight excluding hydrogens is 703 g/mol. The first kappa shape index (κ1) is 34.4. The van der Waals surface area contributed by atoms with E-state index in [9.17, 15) is 0 Å². The minimum Gasteiger partial charge on any atom is -0.206 e. The monoisotopic (exact) mass is 730 g/mol. The van der Waals surface area contributed by atoms with Gasteiger partial charge < -0.3 is 0 Å². The summed E-state index contributed by atoms with van der Waals surface area (Å²) in [7, 11) is 7.40. The van der Waals surface area contributed by atoms with Crippen molar-refractivity contribution in [3.05, 3.63) is 170 Å². The molecule has 6 heteroatoms. The molecule has 0 aromatic heterocycles. The van der Waals surface area contributed by atoms with Gasteiger partial charge in [-0.1, -0.05) is 137 Å². The van der Waals surface area contributed by atoms with Crippen LogP contribution in [0.25, 0.3) is 0 Å². The molecular formula is C34H28Cl2FeP2Pd. The van der Waals surface area contributed by atoms with Gasteiger partial charge in [0.25, 0.3) is 0 Å². The van der Waals surface area contributed by atoms with Gasteiger partial charge in [-0.15, -0.1) is 0 Å². The van der Waals surface area contributed by atoms with E-state index in [0.717, 1.165) is 0 Å². The SMILES string of the molecule is ClCl.[Fe+2].[Pd].c1ccc(P(c2ccccc2)c2cc[cH-]c2)cc1.c1ccc(P(c2ccccc2)c2cc[cH-]c2)cc1. The molecule has 0 amide bonds. The number of benzene rings is 4. The van der Waals surface area contributed by atoms with Crippen molar-refractivity contribution < 1.29 is 37.5 Å². The summed E-state index contributed by atoms with van der Waals surface area (Å²) in [4.78, 5) is 0. The van der Waals surface area contributed by atoms with Crippen molar-refractivity contribution in [1.82, 2.24) is 0 Å². The van der Waals surface area contributed by atoms with Gasteiger partial charge in [0.15, 0.2) is 0 Å². The van der Waals surface area contributed by atoms with Crippen LogP contribution >= 0.6 is 37.6 Å². The molecule has 0 N–H and O–H groups in total. The Morgan fingerprint density at radius 2 is 0.625 bits per heavy atom. The molecule has 0 nitrogen and oxygen atoms in total. The molecule has 0 saturated heterocycles. The van der Waals surface area contributed by atoms with Crippen molar-refractivity contribution in [2.24, 2.45) is 0 Å². The van der Waals surface area contributed by atoms with E-state index in [1.807, 2.05) is 0 Å². The summed E-state index contributed by atoms with van der Waals surface area (Å²) < 4.78 is 0. The molecule has 40 heavy (non-hydrogen) atoms. The van der Waals surface area contributed by atoms with E-state index in [2.05, 4.69) is 192 Å². The Kier molecular flexibility index (Phi) is 16.6. The molecule has 0 radical (unpaired) electrons. The first-order valence-corrected chi connectivity index (χ1v) is 16.1. The number of hydrogen-bond acceptors (Lipinski definition) is 0. The van der Waals surface area contributed by atoms with E-state index < -0.39 is 15.8 Å². The van der Waals surface area contributed by atoms with Crippen LogP contribution in [-0.2, 0) is 37.5 Å². The van der Waals surface area contributed by atoms with Crippen LogP contribution in [0, 0.1) is 0 Å². The topological polar surface area (TPSA) is 0 Å². The van der Waals surface area contributed by atoms with Crippen LogP contribution in [0.2, 0.25) is 0 Å². The van der Waals surface area contributed by atoms with Crippen LogP contribution in [0.4, 0.5) is 0 Å². The third kappa shape index (κ3) is 9.64. The molecule has 6 aromatic carbocycles. The zero-order chi connectivity index (χ0) is 26.4. The summed E-state index contributed by atoms with van der Waals surface area (Å²) in [6.07, 6.45) is 0. The number of halogens is 2. The van der Waals surface area contributed by atoms with Crippen molar-refractivity contribution in [2.45, 2.75) is 0 Å². The van der Waals surface area contributed by atoms with E-state index in [1.165, 1.54) is 31.8 Å². The third-order valence-corrected chi connectivity index (χ3v) is 10.8. The van der Waals surface area contributed by atoms with Gasteiger partial charge in [0.1, 0.15) is 0 Å². The fraction of sp³-hybridized carbons (Fsp3) is 0. The van der Waals surface area contributed by atoms with Crippen LogP contribution < -0.4 is 31.8 Å². The van der Waals surface area contributed by atoms with Crippen molar-refractivity contribution in [2.75, 3.05) is 0 Å². The molecule has 0 aliphatic rings. The Morgan fingerprint density at radius 1 is 0.375 bits per heavy atom. The maximum absolute atomic E-state index is 4.11. The summed E-state index contributed by atoms with van der Waals surface area (Å²) in [5, 5.41) is 8.47. The maximum atomic E-state index is 4.11. The average molecular weight is 732 g/mol. The van der Waals surface area contributed by atoms with Crippen molar-refractivity contribution >= 4 is 69.4 Å². The van der Waals surface area contributed by atoms with Crippen LogP contribution in [-0.4, -0.2) is 0 Å². The van der Waals surface area contributed by atoms with Crippen LogP contribution in [0.1, 0.15) is 0 Å². The normalized spacial score (nSPS) is 9.80. The quantitative estimate of drug-likeness (QED) is 0.0937. The average Bonchev–Trinajstić information content (AvgIpc) is 3.73. The molecule has 0 aliphatic heterocycles. The molecule has 0 aliphatic carbocycles. The third-order valence-electron chi connectivity index (χ3n) is 5.86. The van der Waals surface area contributed by atoms with Gasteiger partial charge in [-0.2, -0.15) is 47.0 Å². The summed E-state index contributed by atoms with van der Waals surface area (Å²) in [5.41, 5.74) is 0. The van der Waals surface area contributed by atoms with Gasteiger partial charge in [-0.25, -0.2) is 12.1 Å². The van der Waals surface area contributed by atoms with Gasteiger partial charge in [0.05, 0.1) is 0 Å². The smallest absolute Gasteiger partial charge is 0.206 e. The minimum absolute atomic E-state index is 0.